The molecule has 0 spiro atoms. The Morgan fingerprint density at radius 2 is 2.12 bits per heavy atom. The van der Waals surface area contributed by atoms with Crippen LogP contribution in [0.5, 0.6) is 0 Å². The number of aromatic nitrogens is 1. The maximum Gasteiger partial charge on any atom is 0.115 e. The van der Waals surface area contributed by atoms with E-state index in [9.17, 15) is 0 Å². The molecule has 1 unspecified atom stereocenters. The lowest BCUT2D eigenvalue weighted by Gasteiger charge is -2.13. The van der Waals surface area contributed by atoms with Crippen LogP contribution in [-0.2, 0) is 6.42 Å². The monoisotopic (exact) mass is 248 g/mol. The third-order valence-electron chi connectivity index (χ3n) is 2.56. The molecule has 1 heterocycles. The number of nitrogens with one attached hydrogen (secondary N) is 1. The molecule has 0 radical (unpaired) electrons. The van der Waals surface area contributed by atoms with Gasteiger partial charge in [-0.3, -0.25) is 0 Å². The third-order valence-corrected chi connectivity index (χ3v) is 3.52. The Bertz CT molecular complexity index is 439. The van der Waals surface area contributed by atoms with E-state index in [-0.39, 0.29) is 12.6 Å². The van der Waals surface area contributed by atoms with E-state index >= 15 is 0 Å². The molecule has 0 fully saturated rings. The molecule has 1 aromatic heterocycles. The lowest BCUT2D eigenvalue weighted by Crippen LogP contribution is -2.06. The lowest BCUT2D eigenvalue weighted by molar-refractivity contribution is 0.299. The van der Waals surface area contributed by atoms with Crippen molar-refractivity contribution in [2.24, 2.45) is 0 Å². The maximum atomic E-state index is 8.84. The summed E-state index contributed by atoms with van der Waals surface area (Å²) < 4.78 is 0. The molecule has 4 heteroatoms. The van der Waals surface area contributed by atoms with Crippen LogP contribution in [0.4, 0.5) is 5.69 Å². The highest BCUT2D eigenvalue weighted by Crippen LogP contribution is 2.21. The van der Waals surface area contributed by atoms with Crippen LogP contribution in [0.2, 0.25) is 0 Å². The molecule has 17 heavy (non-hydrogen) atoms. The molecule has 1 atom stereocenters. The van der Waals surface area contributed by atoms with Crippen LogP contribution in [0.3, 0.4) is 0 Å². The van der Waals surface area contributed by atoms with E-state index in [1.807, 2.05) is 35.8 Å². The van der Waals surface area contributed by atoms with Gasteiger partial charge in [-0.1, -0.05) is 12.1 Å². The summed E-state index contributed by atoms with van der Waals surface area (Å²) in [5, 5.41) is 15.3. The maximum absolute atomic E-state index is 8.84. The van der Waals surface area contributed by atoms with Crippen molar-refractivity contribution in [1.29, 1.82) is 0 Å². The molecule has 90 valence electrons. The first-order valence-electron chi connectivity index (χ1n) is 5.65. The number of rotatable bonds is 5. The van der Waals surface area contributed by atoms with Crippen molar-refractivity contribution in [3.05, 3.63) is 46.4 Å². The van der Waals surface area contributed by atoms with Gasteiger partial charge in [-0.15, -0.1) is 11.3 Å². The molecule has 0 saturated carbocycles. The van der Waals surface area contributed by atoms with E-state index in [4.69, 9.17) is 5.11 Å². The van der Waals surface area contributed by atoms with Crippen LogP contribution in [0.25, 0.3) is 0 Å². The Labute approximate surface area is 105 Å². The van der Waals surface area contributed by atoms with Gasteiger partial charge in [0.2, 0.25) is 0 Å². The van der Waals surface area contributed by atoms with E-state index in [1.54, 1.807) is 11.3 Å². The molecular weight excluding hydrogens is 232 g/mol. The van der Waals surface area contributed by atoms with Crippen molar-refractivity contribution in [1.82, 2.24) is 4.98 Å². The predicted octanol–water partition coefficient (Wildman–Crippen LogP) is 2.85. The quantitative estimate of drug-likeness (QED) is 0.855. The lowest BCUT2D eigenvalue weighted by atomic mass is 10.1. The van der Waals surface area contributed by atoms with Gasteiger partial charge in [0.05, 0.1) is 6.04 Å². The molecule has 0 aliphatic heterocycles. The molecule has 2 N–H and O–H groups in total. The summed E-state index contributed by atoms with van der Waals surface area (Å²) in [4.78, 5) is 4.28. The zero-order chi connectivity index (χ0) is 12.1. The van der Waals surface area contributed by atoms with Gasteiger partial charge in [-0.05, 0) is 31.0 Å². The van der Waals surface area contributed by atoms with E-state index in [0.29, 0.717) is 6.42 Å². The largest absolute Gasteiger partial charge is 0.396 e. The fraction of sp³-hybridized carbons (Fsp3) is 0.308. The Kier molecular flexibility index (Phi) is 4.12. The van der Waals surface area contributed by atoms with Crippen LogP contribution >= 0.6 is 11.3 Å². The average molecular weight is 248 g/mol. The van der Waals surface area contributed by atoms with Crippen LogP contribution in [0.15, 0.2) is 35.8 Å². The number of hydrogen-bond donors (Lipinski definition) is 2. The van der Waals surface area contributed by atoms with E-state index in [0.717, 1.165) is 16.3 Å². The van der Waals surface area contributed by atoms with E-state index < -0.39 is 0 Å². The van der Waals surface area contributed by atoms with Gasteiger partial charge >= 0.3 is 0 Å². The standard InChI is InChI=1S/C13H16N2OS/c1-10(13-14-7-9-17-13)15-12-4-2-11(3-5-12)6-8-16/h2-5,7,9-10,15-16H,6,8H2,1H3. The first-order valence-corrected chi connectivity index (χ1v) is 6.53. The highest BCUT2D eigenvalue weighted by atomic mass is 32.1. The summed E-state index contributed by atoms with van der Waals surface area (Å²) in [6.45, 7) is 2.29. The second-order valence-corrected chi connectivity index (χ2v) is 4.83. The number of aliphatic hydroxyl groups is 1. The van der Waals surface area contributed by atoms with Gasteiger partial charge < -0.3 is 10.4 Å². The molecule has 0 amide bonds. The van der Waals surface area contributed by atoms with Gasteiger partial charge in [-0.25, -0.2) is 4.98 Å². The minimum absolute atomic E-state index is 0.197. The zero-order valence-corrected chi connectivity index (χ0v) is 10.6. The molecule has 0 bridgehead atoms. The Morgan fingerprint density at radius 3 is 2.71 bits per heavy atom. The van der Waals surface area contributed by atoms with Crippen molar-refractivity contribution in [3.8, 4) is 0 Å². The molecule has 0 saturated heterocycles. The number of nitrogens with zero attached hydrogens (tertiary/aromatic N) is 1. The number of hydrogen-bond acceptors (Lipinski definition) is 4. The number of aliphatic hydroxyl groups excluding tert-OH is 1. The van der Waals surface area contributed by atoms with E-state index in [2.05, 4.69) is 17.2 Å². The molecule has 3 nitrogen and oxygen atoms in total. The van der Waals surface area contributed by atoms with Crippen molar-refractivity contribution in [3.63, 3.8) is 0 Å². The topological polar surface area (TPSA) is 45.1 Å². The molecule has 2 aromatic rings. The minimum atomic E-state index is 0.197. The van der Waals surface area contributed by atoms with Crippen molar-refractivity contribution in [2.45, 2.75) is 19.4 Å². The number of thiazole rings is 1. The summed E-state index contributed by atoms with van der Waals surface area (Å²) in [5.74, 6) is 0. The SMILES string of the molecule is CC(Nc1ccc(CCO)cc1)c1nccs1. The van der Waals surface area contributed by atoms with Crippen LogP contribution in [0, 0.1) is 0 Å². The zero-order valence-electron chi connectivity index (χ0n) is 9.76. The number of benzene rings is 1. The Morgan fingerprint density at radius 1 is 1.35 bits per heavy atom. The average Bonchev–Trinajstić information content (AvgIpc) is 2.86. The molecule has 2 rings (SSSR count). The van der Waals surface area contributed by atoms with Crippen molar-refractivity contribution >= 4 is 17.0 Å². The fourth-order valence-corrected chi connectivity index (χ4v) is 2.30. The van der Waals surface area contributed by atoms with Gasteiger partial charge in [0, 0.05) is 23.9 Å². The second kappa shape index (κ2) is 5.80. The van der Waals surface area contributed by atoms with E-state index in [1.165, 1.54) is 0 Å². The Balaban J connectivity index is 1.99. The highest BCUT2D eigenvalue weighted by molar-refractivity contribution is 7.09. The van der Waals surface area contributed by atoms with Gasteiger partial charge in [0.15, 0.2) is 0 Å². The van der Waals surface area contributed by atoms with Crippen LogP contribution in [0.1, 0.15) is 23.5 Å². The van der Waals surface area contributed by atoms with Crippen molar-refractivity contribution < 1.29 is 5.11 Å². The predicted molar refractivity (Wildman–Crippen MR) is 71.4 cm³/mol. The smallest absolute Gasteiger partial charge is 0.115 e. The summed E-state index contributed by atoms with van der Waals surface area (Å²) in [5.41, 5.74) is 2.23. The first-order chi connectivity index (χ1) is 8.29. The summed E-state index contributed by atoms with van der Waals surface area (Å²) in [6.07, 6.45) is 2.53. The molecule has 0 aliphatic carbocycles. The van der Waals surface area contributed by atoms with Crippen molar-refractivity contribution in [2.75, 3.05) is 11.9 Å². The molecule has 0 aliphatic rings. The Hall–Kier alpha value is -1.39. The van der Waals surface area contributed by atoms with Gasteiger partial charge in [0.1, 0.15) is 5.01 Å². The van der Waals surface area contributed by atoms with Crippen LogP contribution < -0.4 is 5.32 Å². The normalized spacial score (nSPS) is 12.4. The third kappa shape index (κ3) is 3.28. The summed E-state index contributed by atoms with van der Waals surface area (Å²) in [7, 11) is 0. The summed E-state index contributed by atoms with van der Waals surface area (Å²) in [6, 6.07) is 8.36. The summed E-state index contributed by atoms with van der Waals surface area (Å²) >= 11 is 1.65. The fourth-order valence-electron chi connectivity index (χ4n) is 1.66. The second-order valence-electron chi connectivity index (χ2n) is 3.91. The van der Waals surface area contributed by atoms with Gasteiger partial charge in [-0.2, -0.15) is 0 Å². The highest BCUT2D eigenvalue weighted by Gasteiger charge is 2.07. The number of anilines is 1. The molecular formula is C13H16N2OS. The molecule has 1 aromatic carbocycles. The minimum Gasteiger partial charge on any atom is -0.396 e. The first kappa shape index (κ1) is 12.1. The van der Waals surface area contributed by atoms with Gasteiger partial charge in [0.25, 0.3) is 0 Å². The van der Waals surface area contributed by atoms with Crippen LogP contribution in [-0.4, -0.2) is 16.7 Å².